The molecule has 5 heteroatoms. The molecule has 2 N–H and O–H groups in total. The van der Waals surface area contributed by atoms with Crippen LogP contribution >= 0.6 is 0 Å². The highest BCUT2D eigenvalue weighted by atomic mass is 16.3. The highest BCUT2D eigenvalue weighted by Gasteiger charge is 2.27. The van der Waals surface area contributed by atoms with E-state index in [1.54, 1.807) is 36.1 Å². The number of rotatable bonds is 2. The van der Waals surface area contributed by atoms with E-state index in [0.717, 1.165) is 11.1 Å². The molecule has 1 amide bonds. The van der Waals surface area contributed by atoms with E-state index in [4.69, 9.17) is 0 Å². The lowest BCUT2D eigenvalue weighted by Gasteiger charge is -2.28. The van der Waals surface area contributed by atoms with Gasteiger partial charge in [-0.15, -0.1) is 0 Å². The minimum Gasteiger partial charge on any atom is -0.507 e. The smallest absolute Gasteiger partial charge is 0.256 e. The standard InChI is InChI=1S/C19H27N3O2/c1-18(2,3)13-10-12(11-14(16(13)23)19(4,5)6)17(24)21-15-8-9-20-22(15)7/h8-11,23H,1-7H3,(H,21,24). The number of phenols is 1. The summed E-state index contributed by atoms with van der Waals surface area (Å²) in [6, 6.07) is 5.29. The van der Waals surface area contributed by atoms with Crippen LogP contribution in [0.3, 0.4) is 0 Å². The topological polar surface area (TPSA) is 67.2 Å². The van der Waals surface area contributed by atoms with Crippen LogP contribution in [0.4, 0.5) is 5.82 Å². The molecular formula is C19H27N3O2. The van der Waals surface area contributed by atoms with Gasteiger partial charge in [-0.25, -0.2) is 0 Å². The molecule has 1 aromatic carbocycles. The normalized spacial score (nSPS) is 12.3. The first-order chi connectivity index (χ1) is 10.9. The van der Waals surface area contributed by atoms with Crippen LogP contribution in [0.5, 0.6) is 5.75 Å². The Balaban J connectivity index is 2.54. The second-order valence-electron chi connectivity index (χ2n) is 8.21. The van der Waals surface area contributed by atoms with Crippen LogP contribution in [-0.2, 0) is 17.9 Å². The van der Waals surface area contributed by atoms with Gasteiger partial charge >= 0.3 is 0 Å². The zero-order valence-corrected chi connectivity index (χ0v) is 15.6. The van der Waals surface area contributed by atoms with Crippen LogP contribution in [0, 0.1) is 0 Å². The number of phenolic OH excluding ortho intramolecular Hbond substituents is 1. The van der Waals surface area contributed by atoms with E-state index in [2.05, 4.69) is 10.4 Å². The molecule has 0 fully saturated rings. The zero-order chi connectivity index (χ0) is 18.3. The SMILES string of the molecule is Cn1nccc1NC(=O)c1cc(C(C)(C)C)c(O)c(C(C)(C)C)c1. The van der Waals surface area contributed by atoms with Gasteiger partial charge in [0.1, 0.15) is 11.6 Å². The molecule has 0 spiro atoms. The first-order valence-electron chi connectivity index (χ1n) is 8.08. The Labute approximate surface area is 143 Å². The highest BCUT2D eigenvalue weighted by Crippen LogP contribution is 2.39. The number of aromatic hydroxyl groups is 1. The number of amides is 1. The summed E-state index contributed by atoms with van der Waals surface area (Å²) < 4.78 is 1.60. The van der Waals surface area contributed by atoms with Crippen molar-refractivity contribution in [1.29, 1.82) is 0 Å². The van der Waals surface area contributed by atoms with Crippen molar-refractivity contribution in [3.63, 3.8) is 0 Å². The van der Waals surface area contributed by atoms with Gasteiger partial charge in [0, 0.05) is 29.8 Å². The fourth-order valence-corrected chi connectivity index (χ4v) is 2.59. The van der Waals surface area contributed by atoms with Crippen LogP contribution < -0.4 is 5.32 Å². The number of anilines is 1. The molecule has 0 aliphatic heterocycles. The summed E-state index contributed by atoms with van der Waals surface area (Å²) >= 11 is 0. The van der Waals surface area contributed by atoms with E-state index in [9.17, 15) is 9.90 Å². The van der Waals surface area contributed by atoms with Gasteiger partial charge in [0.15, 0.2) is 0 Å². The number of aromatic nitrogens is 2. The molecule has 0 unspecified atom stereocenters. The maximum absolute atomic E-state index is 12.7. The Morgan fingerprint density at radius 2 is 1.58 bits per heavy atom. The van der Waals surface area contributed by atoms with Gasteiger partial charge < -0.3 is 10.4 Å². The number of carbonyl (C=O) groups is 1. The summed E-state index contributed by atoms with van der Waals surface area (Å²) in [7, 11) is 1.77. The van der Waals surface area contributed by atoms with Gasteiger partial charge in [-0.2, -0.15) is 5.10 Å². The van der Waals surface area contributed by atoms with Crippen molar-refractivity contribution in [2.24, 2.45) is 7.05 Å². The average Bonchev–Trinajstić information content (AvgIpc) is 2.81. The van der Waals surface area contributed by atoms with Crippen molar-refractivity contribution >= 4 is 11.7 Å². The van der Waals surface area contributed by atoms with Crippen molar-refractivity contribution in [2.45, 2.75) is 52.4 Å². The third-order valence-corrected chi connectivity index (χ3v) is 4.05. The summed E-state index contributed by atoms with van der Waals surface area (Å²) in [6.45, 7) is 12.2. The average molecular weight is 329 g/mol. The van der Waals surface area contributed by atoms with E-state index >= 15 is 0 Å². The summed E-state index contributed by atoms with van der Waals surface area (Å²) in [5.74, 6) is 0.685. The first-order valence-corrected chi connectivity index (χ1v) is 8.08. The summed E-state index contributed by atoms with van der Waals surface area (Å²) in [5.41, 5.74) is 1.53. The molecule has 0 atom stereocenters. The number of benzene rings is 1. The van der Waals surface area contributed by atoms with E-state index in [1.165, 1.54) is 0 Å². The third-order valence-electron chi connectivity index (χ3n) is 4.05. The summed E-state index contributed by atoms with van der Waals surface area (Å²) in [6.07, 6.45) is 1.63. The van der Waals surface area contributed by atoms with Crippen molar-refractivity contribution in [1.82, 2.24) is 9.78 Å². The molecule has 0 radical (unpaired) electrons. The van der Waals surface area contributed by atoms with Crippen LogP contribution in [0.15, 0.2) is 24.4 Å². The molecule has 130 valence electrons. The number of nitrogens with zero attached hydrogens (tertiary/aromatic N) is 2. The van der Waals surface area contributed by atoms with Crippen LogP contribution in [0.25, 0.3) is 0 Å². The van der Waals surface area contributed by atoms with Gasteiger partial charge in [0.2, 0.25) is 0 Å². The fourth-order valence-electron chi connectivity index (χ4n) is 2.59. The Hall–Kier alpha value is -2.30. The lowest BCUT2D eigenvalue weighted by atomic mass is 9.78. The van der Waals surface area contributed by atoms with E-state index in [-0.39, 0.29) is 22.5 Å². The Bertz CT molecular complexity index is 727. The summed E-state index contributed by atoms with van der Waals surface area (Å²) in [5, 5.41) is 17.6. The lowest BCUT2D eigenvalue weighted by Crippen LogP contribution is -2.21. The first kappa shape index (κ1) is 18.0. The molecule has 2 rings (SSSR count). The Kier molecular flexibility index (Phi) is 4.48. The zero-order valence-electron chi connectivity index (χ0n) is 15.6. The predicted molar refractivity (Wildman–Crippen MR) is 96.7 cm³/mol. The lowest BCUT2D eigenvalue weighted by molar-refractivity contribution is 0.102. The number of carbonyl (C=O) groups excluding carboxylic acids is 1. The molecule has 0 aliphatic carbocycles. The second-order valence-corrected chi connectivity index (χ2v) is 8.21. The third kappa shape index (κ3) is 3.61. The molecule has 0 aliphatic rings. The molecule has 0 saturated carbocycles. The Morgan fingerprint density at radius 1 is 1.08 bits per heavy atom. The molecule has 1 heterocycles. The summed E-state index contributed by atoms with van der Waals surface area (Å²) in [4.78, 5) is 12.7. The Morgan fingerprint density at radius 3 is 1.96 bits per heavy atom. The molecule has 0 saturated heterocycles. The van der Waals surface area contributed by atoms with Crippen molar-refractivity contribution in [3.8, 4) is 5.75 Å². The molecule has 5 nitrogen and oxygen atoms in total. The van der Waals surface area contributed by atoms with Crippen molar-refractivity contribution < 1.29 is 9.90 Å². The van der Waals surface area contributed by atoms with E-state index in [0.29, 0.717) is 11.4 Å². The molecule has 2 aromatic rings. The maximum atomic E-state index is 12.7. The molecular weight excluding hydrogens is 302 g/mol. The monoisotopic (exact) mass is 329 g/mol. The van der Waals surface area contributed by atoms with Crippen molar-refractivity contribution in [2.75, 3.05) is 5.32 Å². The molecule has 0 bridgehead atoms. The van der Waals surface area contributed by atoms with Gasteiger partial charge in [0.05, 0.1) is 6.20 Å². The van der Waals surface area contributed by atoms with Crippen LogP contribution in [-0.4, -0.2) is 20.8 Å². The fraction of sp³-hybridized carbons (Fsp3) is 0.474. The molecule has 24 heavy (non-hydrogen) atoms. The van der Waals surface area contributed by atoms with Gasteiger partial charge in [-0.05, 0) is 23.0 Å². The minimum absolute atomic E-state index is 0.213. The number of hydrogen-bond donors (Lipinski definition) is 2. The van der Waals surface area contributed by atoms with E-state index < -0.39 is 0 Å². The minimum atomic E-state index is -0.271. The van der Waals surface area contributed by atoms with Gasteiger partial charge in [0.25, 0.3) is 5.91 Å². The number of aryl methyl sites for hydroxylation is 1. The van der Waals surface area contributed by atoms with Crippen LogP contribution in [0.2, 0.25) is 0 Å². The molecule has 1 aromatic heterocycles. The second kappa shape index (κ2) is 5.96. The quantitative estimate of drug-likeness (QED) is 0.876. The predicted octanol–water partition coefficient (Wildman–Crippen LogP) is 3.97. The highest BCUT2D eigenvalue weighted by molar-refractivity contribution is 6.04. The van der Waals surface area contributed by atoms with Crippen LogP contribution in [0.1, 0.15) is 63.0 Å². The van der Waals surface area contributed by atoms with E-state index in [1.807, 2.05) is 41.5 Å². The maximum Gasteiger partial charge on any atom is 0.256 e. The number of hydrogen-bond acceptors (Lipinski definition) is 3. The van der Waals surface area contributed by atoms with Gasteiger partial charge in [-0.3, -0.25) is 9.48 Å². The van der Waals surface area contributed by atoms with Crippen molar-refractivity contribution in [3.05, 3.63) is 41.1 Å². The van der Waals surface area contributed by atoms with Gasteiger partial charge in [-0.1, -0.05) is 41.5 Å². The number of nitrogens with one attached hydrogen (secondary N) is 1. The largest absolute Gasteiger partial charge is 0.507 e.